The van der Waals surface area contributed by atoms with Crippen molar-refractivity contribution < 1.29 is 4.79 Å². The summed E-state index contributed by atoms with van der Waals surface area (Å²) in [4.78, 5) is 16.7. The van der Waals surface area contributed by atoms with Gasteiger partial charge in [-0.3, -0.25) is 4.79 Å². The van der Waals surface area contributed by atoms with E-state index < -0.39 is 5.92 Å². The van der Waals surface area contributed by atoms with E-state index in [1.54, 1.807) is 18.2 Å². The van der Waals surface area contributed by atoms with E-state index in [4.69, 9.17) is 11.6 Å². The van der Waals surface area contributed by atoms with Gasteiger partial charge in [0.05, 0.1) is 16.3 Å². The van der Waals surface area contributed by atoms with E-state index in [-0.39, 0.29) is 5.78 Å². The first-order chi connectivity index (χ1) is 10.1. The number of ketones is 1. The van der Waals surface area contributed by atoms with Crippen LogP contribution < -0.4 is 0 Å². The zero-order chi connectivity index (χ0) is 15.0. The van der Waals surface area contributed by atoms with Crippen molar-refractivity contribution in [2.24, 2.45) is 5.92 Å². The molecule has 0 N–H and O–H groups in total. The summed E-state index contributed by atoms with van der Waals surface area (Å²) < 4.78 is 0.936. The van der Waals surface area contributed by atoms with Gasteiger partial charge in [0.1, 0.15) is 5.01 Å². The van der Waals surface area contributed by atoms with Crippen LogP contribution in [0.2, 0.25) is 5.02 Å². The minimum atomic E-state index is -0.824. The van der Waals surface area contributed by atoms with Crippen molar-refractivity contribution in [1.82, 2.24) is 4.98 Å². The topological polar surface area (TPSA) is 53.8 Å². The van der Waals surface area contributed by atoms with Crippen LogP contribution in [0.5, 0.6) is 0 Å². The van der Waals surface area contributed by atoms with Crippen molar-refractivity contribution in [3.63, 3.8) is 0 Å². The highest BCUT2D eigenvalue weighted by atomic mass is 35.5. The number of thiazole rings is 1. The fourth-order valence-corrected chi connectivity index (χ4v) is 3.41. The number of rotatable bonds is 4. The molecule has 1 fully saturated rings. The van der Waals surface area contributed by atoms with Crippen LogP contribution in [0.25, 0.3) is 10.2 Å². The molecule has 0 saturated heterocycles. The van der Waals surface area contributed by atoms with Gasteiger partial charge in [0.15, 0.2) is 11.7 Å². The Morgan fingerprint density at radius 2 is 2.33 bits per heavy atom. The molecular formula is C16H13ClN2OS. The van der Waals surface area contributed by atoms with Gasteiger partial charge in [-0.2, -0.15) is 5.26 Å². The van der Waals surface area contributed by atoms with Crippen LogP contribution >= 0.6 is 22.9 Å². The summed E-state index contributed by atoms with van der Waals surface area (Å²) in [5, 5.41) is 10.5. The maximum Gasteiger partial charge on any atom is 0.179 e. The van der Waals surface area contributed by atoms with Crippen LogP contribution in [0.4, 0.5) is 0 Å². The standard InChI is InChI=1S/C16H13ClN2OS/c1-9(10-2-3-10)6-14(20)12(8-18)16-19-13-7-11(17)4-5-15(13)21-16/h4-7,10,12H,2-3H2,1H3/b9-6+. The summed E-state index contributed by atoms with van der Waals surface area (Å²) in [6, 6.07) is 7.48. The third-order valence-corrected chi connectivity index (χ3v) is 4.95. The first-order valence-corrected chi connectivity index (χ1v) is 7.95. The van der Waals surface area contributed by atoms with Gasteiger partial charge in [-0.1, -0.05) is 17.2 Å². The first kappa shape index (κ1) is 14.2. The fourth-order valence-electron chi connectivity index (χ4n) is 2.25. The van der Waals surface area contributed by atoms with Crippen molar-refractivity contribution >= 4 is 38.9 Å². The zero-order valence-corrected chi connectivity index (χ0v) is 13.0. The van der Waals surface area contributed by atoms with Gasteiger partial charge in [0.25, 0.3) is 0 Å². The number of hydrogen-bond donors (Lipinski definition) is 0. The Morgan fingerprint density at radius 1 is 1.57 bits per heavy atom. The number of nitrogens with zero attached hydrogens (tertiary/aromatic N) is 2. The number of aromatic nitrogens is 1. The molecule has 0 spiro atoms. The highest BCUT2D eigenvalue weighted by molar-refractivity contribution is 7.18. The molecule has 0 amide bonds. The minimum absolute atomic E-state index is 0.174. The Labute approximate surface area is 131 Å². The number of allylic oxidation sites excluding steroid dienone is 2. The van der Waals surface area contributed by atoms with Crippen molar-refractivity contribution in [2.75, 3.05) is 0 Å². The molecule has 106 valence electrons. The van der Waals surface area contributed by atoms with E-state index in [0.29, 0.717) is 15.9 Å². The molecule has 21 heavy (non-hydrogen) atoms. The average Bonchev–Trinajstić information content (AvgIpc) is 3.21. The molecule has 1 aliphatic carbocycles. The minimum Gasteiger partial charge on any atom is -0.293 e. The van der Waals surface area contributed by atoms with Crippen LogP contribution in [0.1, 0.15) is 30.7 Å². The Morgan fingerprint density at radius 3 is 3.00 bits per heavy atom. The number of carbonyl (C=O) groups is 1. The van der Waals surface area contributed by atoms with E-state index in [0.717, 1.165) is 28.6 Å². The lowest BCUT2D eigenvalue weighted by molar-refractivity contribution is -0.114. The number of halogens is 1. The Kier molecular flexibility index (Phi) is 3.79. The number of nitriles is 1. The summed E-state index contributed by atoms with van der Waals surface area (Å²) in [6.07, 6.45) is 3.91. The second-order valence-corrected chi connectivity index (χ2v) is 6.79. The number of hydrogen-bond acceptors (Lipinski definition) is 4. The lowest BCUT2D eigenvalue weighted by Gasteiger charge is -2.02. The molecule has 3 nitrogen and oxygen atoms in total. The quantitative estimate of drug-likeness (QED) is 0.781. The molecule has 1 saturated carbocycles. The predicted octanol–water partition coefficient (Wildman–Crippen LogP) is 4.48. The SMILES string of the molecule is C/C(=C\C(=O)C(C#N)c1nc2cc(Cl)ccc2s1)C1CC1. The van der Waals surface area contributed by atoms with Gasteiger partial charge in [-0.05, 0) is 50.0 Å². The summed E-state index contributed by atoms with van der Waals surface area (Å²) >= 11 is 7.31. The summed E-state index contributed by atoms with van der Waals surface area (Å²) in [5.41, 5.74) is 1.81. The molecule has 3 rings (SSSR count). The summed E-state index contributed by atoms with van der Waals surface area (Å²) in [7, 11) is 0. The third-order valence-electron chi connectivity index (χ3n) is 3.62. The van der Waals surface area contributed by atoms with Crippen LogP contribution in [-0.2, 0) is 4.79 Å². The van der Waals surface area contributed by atoms with Gasteiger partial charge in [0.2, 0.25) is 0 Å². The van der Waals surface area contributed by atoms with Gasteiger partial charge < -0.3 is 0 Å². The molecule has 1 atom stereocenters. The van der Waals surface area contributed by atoms with Crippen LogP contribution in [-0.4, -0.2) is 10.8 Å². The van der Waals surface area contributed by atoms with Crippen molar-refractivity contribution in [3.8, 4) is 6.07 Å². The second-order valence-electron chi connectivity index (χ2n) is 5.29. The van der Waals surface area contributed by atoms with Crippen LogP contribution in [0.15, 0.2) is 29.8 Å². The molecule has 1 heterocycles. The summed E-state index contributed by atoms with van der Waals surface area (Å²) in [6.45, 7) is 1.96. The Balaban J connectivity index is 1.92. The molecule has 0 bridgehead atoms. The molecular weight excluding hydrogens is 304 g/mol. The van der Waals surface area contributed by atoms with Crippen LogP contribution in [0, 0.1) is 17.2 Å². The van der Waals surface area contributed by atoms with Crippen molar-refractivity contribution in [2.45, 2.75) is 25.7 Å². The molecule has 0 radical (unpaired) electrons. The zero-order valence-electron chi connectivity index (χ0n) is 11.5. The molecule has 1 unspecified atom stereocenters. The second kappa shape index (κ2) is 5.59. The molecule has 2 aromatic rings. The van der Waals surface area contributed by atoms with E-state index in [1.165, 1.54) is 11.3 Å². The van der Waals surface area contributed by atoms with E-state index in [9.17, 15) is 10.1 Å². The third kappa shape index (κ3) is 2.99. The average molecular weight is 317 g/mol. The van der Waals surface area contributed by atoms with Gasteiger partial charge in [0, 0.05) is 5.02 Å². The van der Waals surface area contributed by atoms with E-state index >= 15 is 0 Å². The number of carbonyl (C=O) groups excluding carboxylic acids is 1. The molecule has 5 heteroatoms. The first-order valence-electron chi connectivity index (χ1n) is 6.76. The lowest BCUT2D eigenvalue weighted by atomic mass is 10.0. The smallest absolute Gasteiger partial charge is 0.179 e. The van der Waals surface area contributed by atoms with Gasteiger partial charge in [-0.15, -0.1) is 11.3 Å². The largest absolute Gasteiger partial charge is 0.293 e. The number of fused-ring (bicyclic) bond motifs is 1. The lowest BCUT2D eigenvalue weighted by Crippen LogP contribution is -2.08. The molecule has 1 aliphatic rings. The maximum absolute atomic E-state index is 12.3. The highest BCUT2D eigenvalue weighted by Gasteiger charge is 2.27. The van der Waals surface area contributed by atoms with Crippen molar-refractivity contribution in [3.05, 3.63) is 39.9 Å². The number of benzene rings is 1. The Bertz CT molecular complexity index is 783. The van der Waals surface area contributed by atoms with E-state index in [1.807, 2.05) is 13.0 Å². The van der Waals surface area contributed by atoms with E-state index in [2.05, 4.69) is 11.1 Å². The highest BCUT2D eigenvalue weighted by Crippen LogP contribution is 2.37. The van der Waals surface area contributed by atoms with Crippen LogP contribution in [0.3, 0.4) is 0 Å². The fraction of sp³-hybridized carbons (Fsp3) is 0.312. The predicted molar refractivity (Wildman–Crippen MR) is 84.5 cm³/mol. The maximum atomic E-state index is 12.3. The van der Waals surface area contributed by atoms with Gasteiger partial charge >= 0.3 is 0 Å². The molecule has 1 aromatic carbocycles. The summed E-state index contributed by atoms with van der Waals surface area (Å²) in [5.74, 6) is -0.468. The molecule has 0 aliphatic heterocycles. The molecule has 1 aromatic heterocycles. The van der Waals surface area contributed by atoms with Crippen molar-refractivity contribution in [1.29, 1.82) is 5.26 Å². The monoisotopic (exact) mass is 316 g/mol. The Hall–Kier alpha value is -1.70. The normalized spacial score (nSPS) is 16.7. The van der Waals surface area contributed by atoms with Gasteiger partial charge in [-0.25, -0.2) is 4.98 Å².